The summed E-state index contributed by atoms with van der Waals surface area (Å²) in [6, 6.07) is 19.3. The number of nitrogens with one attached hydrogen (secondary N) is 2. The van der Waals surface area contributed by atoms with Crippen molar-refractivity contribution >= 4 is 23.3 Å². The van der Waals surface area contributed by atoms with Crippen molar-refractivity contribution in [3.05, 3.63) is 65.7 Å². The number of benzene rings is 2. The zero-order valence-corrected chi connectivity index (χ0v) is 17.3. The van der Waals surface area contributed by atoms with Crippen LogP contribution in [0.1, 0.15) is 20.3 Å². The van der Waals surface area contributed by atoms with Crippen LogP contribution in [-0.4, -0.2) is 22.9 Å². The molecule has 1 amide bonds. The molecule has 1 aromatic heterocycles. The summed E-state index contributed by atoms with van der Waals surface area (Å²) in [5.74, 6) is 0.670. The van der Waals surface area contributed by atoms with Gasteiger partial charge < -0.3 is 14.6 Å². The highest BCUT2D eigenvalue weighted by molar-refractivity contribution is 6.33. The standard InChI is InChI=1S/C23H24ClN3O2/c1-3-14-29-18-10-8-17(9-11-18)21-12-13-22(19-6-4-5-7-20(19)24)27(21)15-23(28)26-16(2)25/h4-13H,3,14-15H2,1-2H3,(H2,25,26,28). The smallest absolute Gasteiger partial charge is 0.245 e. The van der Waals surface area contributed by atoms with Crippen LogP contribution in [0.2, 0.25) is 5.02 Å². The molecule has 0 radical (unpaired) electrons. The van der Waals surface area contributed by atoms with Gasteiger partial charge in [0.25, 0.3) is 0 Å². The fourth-order valence-electron chi connectivity index (χ4n) is 3.13. The van der Waals surface area contributed by atoms with E-state index >= 15 is 0 Å². The van der Waals surface area contributed by atoms with Gasteiger partial charge >= 0.3 is 0 Å². The molecule has 0 aliphatic carbocycles. The number of nitrogens with zero attached hydrogens (tertiary/aromatic N) is 1. The van der Waals surface area contributed by atoms with Gasteiger partial charge in [0.15, 0.2) is 0 Å². The number of carbonyl (C=O) groups is 1. The van der Waals surface area contributed by atoms with Crippen molar-refractivity contribution in [2.75, 3.05) is 6.61 Å². The van der Waals surface area contributed by atoms with E-state index < -0.39 is 0 Å². The first-order chi connectivity index (χ1) is 14.0. The predicted molar refractivity (Wildman–Crippen MR) is 118 cm³/mol. The van der Waals surface area contributed by atoms with Crippen LogP contribution in [0, 0.1) is 5.41 Å². The van der Waals surface area contributed by atoms with E-state index in [0.29, 0.717) is 11.6 Å². The summed E-state index contributed by atoms with van der Waals surface area (Å²) in [6.45, 7) is 4.36. The van der Waals surface area contributed by atoms with Gasteiger partial charge in [-0.15, -0.1) is 0 Å². The molecule has 0 atom stereocenters. The maximum atomic E-state index is 12.4. The van der Waals surface area contributed by atoms with Crippen molar-refractivity contribution in [3.63, 3.8) is 0 Å². The molecule has 0 unspecified atom stereocenters. The molecule has 0 bridgehead atoms. The molecule has 0 fully saturated rings. The second-order valence-corrected chi connectivity index (χ2v) is 7.12. The highest BCUT2D eigenvalue weighted by Gasteiger charge is 2.16. The minimum Gasteiger partial charge on any atom is -0.494 e. The molecule has 2 N–H and O–H groups in total. The van der Waals surface area contributed by atoms with Crippen LogP contribution in [-0.2, 0) is 11.3 Å². The summed E-state index contributed by atoms with van der Waals surface area (Å²) in [7, 11) is 0. The van der Waals surface area contributed by atoms with Gasteiger partial charge in [-0.1, -0.05) is 36.7 Å². The van der Waals surface area contributed by atoms with Crippen molar-refractivity contribution < 1.29 is 9.53 Å². The van der Waals surface area contributed by atoms with E-state index in [4.69, 9.17) is 21.7 Å². The van der Waals surface area contributed by atoms with Crippen LogP contribution in [0.25, 0.3) is 22.5 Å². The number of amides is 1. The van der Waals surface area contributed by atoms with Crippen molar-refractivity contribution in [2.24, 2.45) is 0 Å². The van der Waals surface area contributed by atoms with Gasteiger partial charge in [0.05, 0.1) is 18.1 Å². The van der Waals surface area contributed by atoms with Crippen LogP contribution in [0.15, 0.2) is 60.7 Å². The molecule has 6 heteroatoms. The van der Waals surface area contributed by atoms with Crippen molar-refractivity contribution in [2.45, 2.75) is 26.8 Å². The minimum absolute atomic E-state index is 0.0766. The Morgan fingerprint density at radius 3 is 2.41 bits per heavy atom. The van der Waals surface area contributed by atoms with Gasteiger partial charge in [-0.25, -0.2) is 0 Å². The molecule has 0 spiro atoms. The summed E-state index contributed by atoms with van der Waals surface area (Å²) in [5, 5.41) is 10.7. The molecule has 150 valence electrons. The van der Waals surface area contributed by atoms with Crippen LogP contribution < -0.4 is 10.1 Å². The zero-order chi connectivity index (χ0) is 20.8. The number of carbonyl (C=O) groups excluding carboxylic acids is 1. The lowest BCUT2D eigenvalue weighted by atomic mass is 10.1. The SMILES string of the molecule is CCCOc1ccc(-c2ccc(-c3ccccc3Cl)n2CC(=O)NC(C)=N)cc1. The molecule has 0 saturated carbocycles. The Balaban J connectivity index is 2.01. The van der Waals surface area contributed by atoms with E-state index in [0.717, 1.165) is 34.7 Å². The Morgan fingerprint density at radius 1 is 1.07 bits per heavy atom. The largest absolute Gasteiger partial charge is 0.494 e. The Morgan fingerprint density at radius 2 is 1.76 bits per heavy atom. The predicted octanol–water partition coefficient (Wildman–Crippen LogP) is 5.38. The Hall–Kier alpha value is -3.05. The molecular weight excluding hydrogens is 386 g/mol. The average molecular weight is 410 g/mol. The molecule has 0 aliphatic rings. The Bertz CT molecular complexity index is 1010. The number of ether oxygens (including phenoxy) is 1. The second-order valence-electron chi connectivity index (χ2n) is 6.72. The van der Waals surface area contributed by atoms with E-state index in [9.17, 15) is 4.79 Å². The third kappa shape index (κ3) is 5.06. The second kappa shape index (κ2) is 9.43. The van der Waals surface area contributed by atoms with Crippen molar-refractivity contribution in [1.29, 1.82) is 5.41 Å². The van der Waals surface area contributed by atoms with Gasteiger partial charge in [0, 0.05) is 16.3 Å². The summed E-state index contributed by atoms with van der Waals surface area (Å²) in [5.41, 5.74) is 3.55. The number of halogens is 1. The first kappa shape index (κ1) is 20.7. The number of amidine groups is 1. The van der Waals surface area contributed by atoms with E-state index in [1.165, 1.54) is 0 Å². The van der Waals surface area contributed by atoms with Crippen LogP contribution >= 0.6 is 11.6 Å². The third-order valence-electron chi connectivity index (χ3n) is 4.38. The van der Waals surface area contributed by atoms with Crippen molar-refractivity contribution in [1.82, 2.24) is 9.88 Å². The Labute approximate surface area is 175 Å². The normalized spacial score (nSPS) is 10.6. The summed E-state index contributed by atoms with van der Waals surface area (Å²) >= 11 is 6.41. The monoisotopic (exact) mass is 409 g/mol. The fourth-order valence-corrected chi connectivity index (χ4v) is 3.36. The topological polar surface area (TPSA) is 67.1 Å². The molecule has 2 aromatic carbocycles. The van der Waals surface area contributed by atoms with Gasteiger partial charge in [-0.3, -0.25) is 10.2 Å². The minimum atomic E-state index is -0.258. The molecule has 1 heterocycles. The van der Waals surface area contributed by atoms with Crippen LogP contribution in [0.4, 0.5) is 0 Å². The van der Waals surface area contributed by atoms with Gasteiger partial charge in [0.2, 0.25) is 5.91 Å². The molecule has 0 saturated heterocycles. The quantitative estimate of drug-likeness (QED) is 0.406. The maximum absolute atomic E-state index is 12.4. The van der Waals surface area contributed by atoms with Crippen molar-refractivity contribution in [3.8, 4) is 28.3 Å². The van der Waals surface area contributed by atoms with E-state index in [-0.39, 0.29) is 18.3 Å². The highest BCUT2D eigenvalue weighted by atomic mass is 35.5. The van der Waals surface area contributed by atoms with Gasteiger partial charge in [-0.2, -0.15) is 0 Å². The molecule has 3 aromatic rings. The summed E-state index contributed by atoms with van der Waals surface area (Å²) in [6.07, 6.45) is 0.952. The average Bonchev–Trinajstić information content (AvgIpc) is 3.09. The lowest BCUT2D eigenvalue weighted by Gasteiger charge is -2.15. The van der Waals surface area contributed by atoms with Crippen LogP contribution in [0.3, 0.4) is 0 Å². The molecular formula is C23H24ClN3O2. The Kier molecular flexibility index (Phi) is 6.73. The summed E-state index contributed by atoms with van der Waals surface area (Å²) in [4.78, 5) is 12.4. The first-order valence-electron chi connectivity index (χ1n) is 9.52. The fraction of sp³-hybridized carbons (Fsp3) is 0.217. The zero-order valence-electron chi connectivity index (χ0n) is 16.5. The highest BCUT2D eigenvalue weighted by Crippen LogP contribution is 2.33. The number of hydrogen-bond donors (Lipinski definition) is 2. The van der Waals surface area contributed by atoms with E-state index in [1.807, 2.05) is 65.2 Å². The lowest BCUT2D eigenvalue weighted by molar-refractivity contribution is -0.120. The van der Waals surface area contributed by atoms with Gasteiger partial charge in [0.1, 0.15) is 12.3 Å². The van der Waals surface area contributed by atoms with Gasteiger partial charge in [-0.05, 0) is 61.4 Å². The molecule has 0 aliphatic heterocycles. The van der Waals surface area contributed by atoms with Crippen LogP contribution in [0.5, 0.6) is 5.75 Å². The number of hydrogen-bond acceptors (Lipinski definition) is 3. The molecule has 3 rings (SSSR count). The molecule has 5 nitrogen and oxygen atoms in total. The molecule has 29 heavy (non-hydrogen) atoms. The lowest BCUT2D eigenvalue weighted by Crippen LogP contribution is -2.31. The van der Waals surface area contributed by atoms with E-state index in [2.05, 4.69) is 12.2 Å². The summed E-state index contributed by atoms with van der Waals surface area (Å²) < 4.78 is 7.58. The number of aromatic nitrogens is 1. The number of rotatable bonds is 7. The maximum Gasteiger partial charge on any atom is 0.245 e. The first-order valence-corrected chi connectivity index (χ1v) is 9.90. The third-order valence-corrected chi connectivity index (χ3v) is 4.71. The van der Waals surface area contributed by atoms with E-state index in [1.54, 1.807) is 6.92 Å².